The van der Waals surface area contributed by atoms with Crippen LogP contribution in [0.5, 0.6) is 0 Å². The van der Waals surface area contributed by atoms with Gasteiger partial charge in [0.05, 0.1) is 0 Å². The summed E-state index contributed by atoms with van der Waals surface area (Å²) in [6.07, 6.45) is 3.15. The molecule has 2 rings (SSSR count). The number of nitrogens with zero attached hydrogens (tertiary/aromatic N) is 4. The molecule has 0 aliphatic carbocycles. The van der Waals surface area contributed by atoms with E-state index >= 15 is 0 Å². The monoisotopic (exact) mass is 191 g/mol. The minimum atomic E-state index is -0.171. The van der Waals surface area contributed by atoms with Gasteiger partial charge in [-0.05, 0) is 0 Å². The molecule has 0 aliphatic rings. The van der Waals surface area contributed by atoms with Crippen molar-refractivity contribution in [2.45, 2.75) is 6.92 Å². The number of hydrogen-bond donors (Lipinski definition) is 1. The van der Waals surface area contributed by atoms with Crippen molar-refractivity contribution in [1.82, 2.24) is 19.7 Å². The van der Waals surface area contributed by atoms with Crippen LogP contribution in [0.25, 0.3) is 11.2 Å². The van der Waals surface area contributed by atoms with Gasteiger partial charge < -0.3 is 5.32 Å². The fraction of sp³-hybridized carbons (Fsp3) is 0.250. The summed E-state index contributed by atoms with van der Waals surface area (Å²) >= 11 is 0. The van der Waals surface area contributed by atoms with Crippen LogP contribution in [0.15, 0.2) is 12.4 Å². The highest BCUT2D eigenvalue weighted by molar-refractivity contribution is 5.95. The first-order valence-electron chi connectivity index (χ1n) is 4.10. The molecule has 1 amide bonds. The summed E-state index contributed by atoms with van der Waals surface area (Å²) in [7, 11) is 1.75. The van der Waals surface area contributed by atoms with E-state index in [9.17, 15) is 4.79 Å². The van der Waals surface area contributed by atoms with Crippen molar-refractivity contribution in [1.29, 1.82) is 0 Å². The minimum Gasteiger partial charge on any atom is -0.308 e. The Morgan fingerprint density at radius 3 is 2.86 bits per heavy atom. The van der Waals surface area contributed by atoms with Crippen molar-refractivity contribution in [3.05, 3.63) is 12.4 Å². The van der Waals surface area contributed by atoms with Crippen LogP contribution in [-0.4, -0.2) is 25.7 Å². The summed E-state index contributed by atoms with van der Waals surface area (Å²) in [6, 6.07) is 0. The Kier molecular flexibility index (Phi) is 1.88. The van der Waals surface area contributed by atoms with Gasteiger partial charge in [-0.2, -0.15) is 5.10 Å². The number of hydrogen-bond acceptors (Lipinski definition) is 4. The van der Waals surface area contributed by atoms with Gasteiger partial charge in [0.2, 0.25) is 5.91 Å². The molecule has 0 aliphatic heterocycles. The number of rotatable bonds is 1. The fourth-order valence-corrected chi connectivity index (χ4v) is 1.23. The molecule has 0 fully saturated rings. The van der Waals surface area contributed by atoms with Crippen LogP contribution < -0.4 is 5.32 Å². The van der Waals surface area contributed by atoms with Gasteiger partial charge in [-0.15, -0.1) is 0 Å². The van der Waals surface area contributed by atoms with E-state index in [1.54, 1.807) is 24.1 Å². The first-order chi connectivity index (χ1) is 6.68. The van der Waals surface area contributed by atoms with E-state index in [2.05, 4.69) is 20.4 Å². The van der Waals surface area contributed by atoms with Crippen LogP contribution in [0.2, 0.25) is 0 Å². The smallest absolute Gasteiger partial charge is 0.222 e. The fourth-order valence-electron chi connectivity index (χ4n) is 1.23. The zero-order valence-corrected chi connectivity index (χ0v) is 7.85. The molecule has 6 nitrogen and oxygen atoms in total. The van der Waals surface area contributed by atoms with Crippen LogP contribution in [0, 0.1) is 0 Å². The molecular formula is C8H9N5O. The zero-order chi connectivity index (χ0) is 10.1. The molecule has 0 saturated carbocycles. The van der Waals surface area contributed by atoms with E-state index in [1.807, 2.05) is 0 Å². The Labute approximate surface area is 80.0 Å². The van der Waals surface area contributed by atoms with Crippen LogP contribution >= 0.6 is 0 Å². The van der Waals surface area contributed by atoms with Crippen LogP contribution in [0.3, 0.4) is 0 Å². The molecular weight excluding hydrogens is 182 g/mol. The van der Waals surface area contributed by atoms with Crippen molar-refractivity contribution >= 4 is 22.9 Å². The molecule has 14 heavy (non-hydrogen) atoms. The Hall–Kier alpha value is -1.98. The highest BCUT2D eigenvalue weighted by atomic mass is 16.1. The molecule has 0 unspecified atom stereocenters. The molecule has 2 aromatic rings. The summed E-state index contributed by atoms with van der Waals surface area (Å²) in [4.78, 5) is 19.0. The van der Waals surface area contributed by atoms with Gasteiger partial charge in [0, 0.05) is 26.4 Å². The average molecular weight is 191 g/mol. The first-order valence-corrected chi connectivity index (χ1v) is 4.10. The number of aryl methyl sites for hydroxylation is 1. The molecule has 1 N–H and O–H groups in total. The van der Waals surface area contributed by atoms with Gasteiger partial charge in [0.15, 0.2) is 17.0 Å². The van der Waals surface area contributed by atoms with Gasteiger partial charge in [0.25, 0.3) is 0 Å². The third-order valence-corrected chi connectivity index (χ3v) is 1.75. The highest BCUT2D eigenvalue weighted by Crippen LogP contribution is 2.16. The lowest BCUT2D eigenvalue weighted by molar-refractivity contribution is -0.114. The van der Waals surface area contributed by atoms with Gasteiger partial charge in [-0.25, -0.2) is 14.6 Å². The zero-order valence-electron chi connectivity index (χ0n) is 7.85. The third-order valence-electron chi connectivity index (χ3n) is 1.75. The Morgan fingerprint density at radius 1 is 1.43 bits per heavy atom. The maximum absolute atomic E-state index is 10.9. The van der Waals surface area contributed by atoms with E-state index in [0.717, 1.165) is 0 Å². The highest BCUT2D eigenvalue weighted by Gasteiger charge is 2.10. The van der Waals surface area contributed by atoms with Crippen LogP contribution in [-0.2, 0) is 11.8 Å². The van der Waals surface area contributed by atoms with Crippen molar-refractivity contribution in [3.63, 3.8) is 0 Å². The molecule has 2 heterocycles. The molecule has 0 spiro atoms. The lowest BCUT2D eigenvalue weighted by atomic mass is 10.5. The van der Waals surface area contributed by atoms with E-state index in [0.29, 0.717) is 17.0 Å². The van der Waals surface area contributed by atoms with E-state index in [4.69, 9.17) is 0 Å². The molecule has 0 atom stereocenters. The molecule has 0 aromatic carbocycles. The van der Waals surface area contributed by atoms with E-state index < -0.39 is 0 Å². The number of carbonyl (C=O) groups excluding carboxylic acids is 1. The average Bonchev–Trinajstić information content (AvgIpc) is 2.44. The lowest BCUT2D eigenvalue weighted by Gasteiger charge is -1.94. The van der Waals surface area contributed by atoms with Crippen molar-refractivity contribution in [3.8, 4) is 0 Å². The lowest BCUT2D eigenvalue weighted by Crippen LogP contribution is -2.07. The number of anilines is 1. The largest absolute Gasteiger partial charge is 0.308 e. The predicted molar refractivity (Wildman–Crippen MR) is 50.6 cm³/mol. The van der Waals surface area contributed by atoms with Crippen molar-refractivity contribution in [2.24, 2.45) is 7.05 Å². The van der Waals surface area contributed by atoms with E-state index in [1.165, 1.54) is 6.92 Å². The maximum Gasteiger partial charge on any atom is 0.222 e. The molecule has 6 heteroatoms. The maximum atomic E-state index is 10.9. The molecule has 2 aromatic heterocycles. The number of aromatic nitrogens is 4. The van der Waals surface area contributed by atoms with Gasteiger partial charge in [-0.1, -0.05) is 0 Å². The van der Waals surface area contributed by atoms with Crippen LogP contribution in [0.4, 0.5) is 5.82 Å². The second kappa shape index (κ2) is 3.06. The molecule has 0 bridgehead atoms. The molecule has 0 radical (unpaired) electrons. The Bertz CT molecular complexity index is 489. The quantitative estimate of drug-likeness (QED) is 0.704. The van der Waals surface area contributed by atoms with E-state index in [-0.39, 0.29) is 5.91 Å². The van der Waals surface area contributed by atoms with Gasteiger partial charge in [-0.3, -0.25) is 4.79 Å². The topological polar surface area (TPSA) is 72.7 Å². The Balaban J connectivity index is 2.60. The summed E-state index contributed by atoms with van der Waals surface area (Å²) < 4.78 is 1.58. The molecule has 72 valence electrons. The predicted octanol–water partition coefficient (Wildman–Crippen LogP) is 0.322. The minimum absolute atomic E-state index is 0.171. The summed E-state index contributed by atoms with van der Waals surface area (Å²) in [5.41, 5.74) is 1.25. The second-order valence-electron chi connectivity index (χ2n) is 2.88. The second-order valence-corrected chi connectivity index (χ2v) is 2.88. The number of carbonyl (C=O) groups is 1. The van der Waals surface area contributed by atoms with Gasteiger partial charge >= 0.3 is 0 Å². The van der Waals surface area contributed by atoms with Crippen LogP contribution in [0.1, 0.15) is 6.92 Å². The number of fused-ring (bicyclic) bond motifs is 1. The number of amides is 1. The first kappa shape index (κ1) is 8.61. The molecule has 0 saturated heterocycles. The standard InChI is InChI=1S/C8H9N5O/c1-5(14)11-7-6-8(13(2)12-7)10-4-3-9-6/h3-4H,1-2H3,(H,11,12,14). The normalized spacial score (nSPS) is 10.4. The van der Waals surface area contributed by atoms with Crippen molar-refractivity contribution < 1.29 is 4.79 Å². The SMILES string of the molecule is CC(=O)Nc1nn(C)c2nccnc12. The summed E-state index contributed by atoms with van der Waals surface area (Å²) in [5, 5.41) is 6.68. The van der Waals surface area contributed by atoms with Gasteiger partial charge in [0.1, 0.15) is 0 Å². The Morgan fingerprint density at radius 2 is 2.14 bits per heavy atom. The third kappa shape index (κ3) is 1.30. The summed E-state index contributed by atoms with van der Waals surface area (Å²) in [5.74, 6) is 0.277. The number of nitrogens with one attached hydrogen (secondary N) is 1. The summed E-state index contributed by atoms with van der Waals surface area (Å²) in [6.45, 7) is 1.43. The van der Waals surface area contributed by atoms with Crippen molar-refractivity contribution in [2.75, 3.05) is 5.32 Å².